The third-order valence-electron chi connectivity index (χ3n) is 7.05. The van der Waals surface area contributed by atoms with Gasteiger partial charge in [-0.2, -0.15) is 4.31 Å². The van der Waals surface area contributed by atoms with Crippen molar-refractivity contribution in [2.24, 2.45) is 5.41 Å². The first-order valence-corrected chi connectivity index (χ1v) is 12.9. The molecule has 1 aromatic carbocycles. The molecule has 1 unspecified atom stereocenters. The van der Waals surface area contributed by atoms with Gasteiger partial charge in [-0.3, -0.25) is 4.79 Å². The Balaban J connectivity index is 1.41. The van der Waals surface area contributed by atoms with Gasteiger partial charge in [-0.05, 0) is 30.5 Å². The number of morpholine rings is 1. The van der Waals surface area contributed by atoms with Crippen LogP contribution >= 0.6 is 0 Å². The van der Waals surface area contributed by atoms with Crippen molar-refractivity contribution in [1.29, 1.82) is 0 Å². The van der Waals surface area contributed by atoms with E-state index in [1.54, 1.807) is 16.4 Å². The minimum absolute atomic E-state index is 0.207. The number of nitrogens with zero attached hydrogens (tertiary/aromatic N) is 3. The lowest BCUT2D eigenvalue weighted by atomic mass is 9.65. The molecule has 1 aromatic heterocycles. The highest BCUT2D eigenvalue weighted by atomic mass is 32.2. The molecule has 174 valence electrons. The minimum Gasteiger partial charge on any atom is -0.378 e. The van der Waals surface area contributed by atoms with Crippen LogP contribution in [-0.2, 0) is 26.0 Å². The van der Waals surface area contributed by atoms with E-state index in [0.29, 0.717) is 39.0 Å². The molecule has 0 amide bonds. The van der Waals surface area contributed by atoms with Crippen molar-refractivity contribution in [1.82, 2.24) is 9.29 Å². The number of carbonyl (C=O) groups excluding carboxylic acids is 1. The molecule has 0 N–H and O–H groups in total. The van der Waals surface area contributed by atoms with Crippen molar-refractivity contribution in [3.8, 4) is 0 Å². The number of hydrogen-bond acceptors (Lipinski definition) is 6. The zero-order valence-electron chi connectivity index (χ0n) is 18.7. The van der Waals surface area contributed by atoms with E-state index in [2.05, 4.69) is 22.0 Å². The number of Topliss-reactive ketones (excluding diaryl/α,β-unsaturated/α-hetero) is 1. The number of hydrogen-bond donors (Lipinski definition) is 0. The molecule has 1 saturated heterocycles. The topological polar surface area (TPSA) is 79.8 Å². The average molecular weight is 468 g/mol. The van der Waals surface area contributed by atoms with E-state index in [1.807, 2.05) is 24.3 Å². The van der Waals surface area contributed by atoms with E-state index in [-0.39, 0.29) is 22.6 Å². The molecule has 0 radical (unpaired) electrons. The molecular formula is C25H29N3O4S. The monoisotopic (exact) mass is 467 g/mol. The zero-order chi connectivity index (χ0) is 22.9. The molecule has 0 bridgehead atoms. The van der Waals surface area contributed by atoms with Crippen LogP contribution in [0.1, 0.15) is 24.8 Å². The Morgan fingerprint density at radius 3 is 2.58 bits per heavy atom. The Kier molecular flexibility index (Phi) is 6.07. The van der Waals surface area contributed by atoms with Crippen molar-refractivity contribution in [3.05, 3.63) is 65.9 Å². The number of sulfonamides is 1. The van der Waals surface area contributed by atoms with Crippen molar-refractivity contribution in [2.75, 3.05) is 44.3 Å². The number of anilines is 1. The van der Waals surface area contributed by atoms with E-state index in [9.17, 15) is 13.2 Å². The fourth-order valence-electron chi connectivity index (χ4n) is 5.19. The van der Waals surface area contributed by atoms with Crippen LogP contribution in [0.2, 0.25) is 0 Å². The van der Waals surface area contributed by atoms with E-state index in [0.717, 1.165) is 36.5 Å². The largest absolute Gasteiger partial charge is 0.378 e. The van der Waals surface area contributed by atoms with Crippen molar-refractivity contribution >= 4 is 21.6 Å². The highest BCUT2D eigenvalue weighted by Gasteiger charge is 2.45. The van der Waals surface area contributed by atoms with Crippen LogP contribution in [0.3, 0.4) is 0 Å². The highest BCUT2D eigenvalue weighted by Crippen LogP contribution is 2.46. The van der Waals surface area contributed by atoms with Gasteiger partial charge in [0.25, 0.3) is 0 Å². The zero-order valence-corrected chi connectivity index (χ0v) is 19.5. The molecule has 2 aromatic rings. The summed E-state index contributed by atoms with van der Waals surface area (Å²) in [5.41, 5.74) is 1.91. The number of ether oxygens (including phenoxy) is 1. The summed E-state index contributed by atoms with van der Waals surface area (Å²) in [7, 11) is -3.71. The predicted molar refractivity (Wildman–Crippen MR) is 126 cm³/mol. The summed E-state index contributed by atoms with van der Waals surface area (Å²) in [5.74, 6) is 1.01. The third-order valence-corrected chi connectivity index (χ3v) is 8.85. The number of fused-ring (bicyclic) bond motifs is 1. The molecule has 1 atom stereocenters. The van der Waals surface area contributed by atoms with Crippen LogP contribution in [0.4, 0.5) is 5.82 Å². The Bertz CT molecular complexity index is 1140. The fourth-order valence-corrected chi connectivity index (χ4v) is 6.60. The summed E-state index contributed by atoms with van der Waals surface area (Å²) < 4.78 is 34.1. The molecule has 7 nitrogen and oxygen atoms in total. The minimum atomic E-state index is -3.71. The number of carbonyl (C=O) groups is 1. The Hall–Kier alpha value is -2.55. The molecule has 2 aliphatic heterocycles. The smallest absolute Gasteiger partial charge is 0.244 e. The van der Waals surface area contributed by atoms with Crippen LogP contribution < -0.4 is 4.90 Å². The van der Waals surface area contributed by atoms with Crippen LogP contribution in [0, 0.1) is 5.41 Å². The molecule has 1 aliphatic carbocycles. The highest BCUT2D eigenvalue weighted by molar-refractivity contribution is 7.89. The van der Waals surface area contributed by atoms with Gasteiger partial charge >= 0.3 is 0 Å². The van der Waals surface area contributed by atoms with Crippen LogP contribution in [0.25, 0.3) is 0 Å². The lowest BCUT2D eigenvalue weighted by molar-refractivity contribution is -0.120. The predicted octanol–water partition coefficient (Wildman–Crippen LogP) is 2.83. The third kappa shape index (κ3) is 4.47. The SMILES string of the molecule is O=C1CCC2(Cc3ccccc3)CN(S(=O)(=O)c3ccc(N4CCOCC4)nc3)CC=C2C1. The van der Waals surface area contributed by atoms with Crippen LogP contribution in [0.5, 0.6) is 0 Å². The fraction of sp³-hybridized carbons (Fsp3) is 0.440. The van der Waals surface area contributed by atoms with E-state index in [1.165, 1.54) is 6.20 Å². The first kappa shape index (κ1) is 22.3. The quantitative estimate of drug-likeness (QED) is 0.629. The maximum absolute atomic E-state index is 13.6. The lowest BCUT2D eigenvalue weighted by Crippen LogP contribution is -2.49. The maximum atomic E-state index is 13.6. The average Bonchev–Trinajstić information content (AvgIpc) is 2.85. The maximum Gasteiger partial charge on any atom is 0.244 e. The summed E-state index contributed by atoms with van der Waals surface area (Å²) in [6.45, 7) is 3.46. The summed E-state index contributed by atoms with van der Waals surface area (Å²) in [4.78, 5) is 18.9. The van der Waals surface area contributed by atoms with Gasteiger partial charge < -0.3 is 9.64 Å². The van der Waals surface area contributed by atoms with Crippen molar-refractivity contribution in [3.63, 3.8) is 0 Å². The van der Waals surface area contributed by atoms with Gasteiger partial charge in [-0.25, -0.2) is 13.4 Å². The number of benzene rings is 1. The molecule has 0 spiro atoms. The van der Waals surface area contributed by atoms with Gasteiger partial charge in [-0.1, -0.05) is 42.0 Å². The van der Waals surface area contributed by atoms with Gasteiger partial charge in [0.05, 0.1) is 13.2 Å². The first-order valence-electron chi connectivity index (χ1n) is 11.5. The Morgan fingerprint density at radius 1 is 1.06 bits per heavy atom. The summed E-state index contributed by atoms with van der Waals surface area (Å²) in [6.07, 6.45) is 5.76. The molecule has 33 heavy (non-hydrogen) atoms. The van der Waals surface area contributed by atoms with Gasteiger partial charge in [0.2, 0.25) is 10.0 Å². The summed E-state index contributed by atoms with van der Waals surface area (Å²) >= 11 is 0. The summed E-state index contributed by atoms with van der Waals surface area (Å²) in [5, 5.41) is 0. The van der Waals surface area contributed by atoms with Crippen LogP contribution in [0.15, 0.2) is 65.2 Å². The number of pyridine rings is 1. The Morgan fingerprint density at radius 2 is 1.85 bits per heavy atom. The molecule has 8 heteroatoms. The first-order chi connectivity index (χ1) is 16.0. The van der Waals surface area contributed by atoms with Gasteiger partial charge in [-0.15, -0.1) is 0 Å². The van der Waals surface area contributed by atoms with E-state index >= 15 is 0 Å². The second-order valence-electron chi connectivity index (χ2n) is 9.14. The molecule has 5 rings (SSSR count). The number of rotatable bonds is 5. The van der Waals surface area contributed by atoms with Gasteiger partial charge in [0.15, 0.2) is 0 Å². The molecule has 3 aliphatic rings. The second kappa shape index (κ2) is 9.00. The van der Waals surface area contributed by atoms with Crippen molar-refractivity contribution in [2.45, 2.75) is 30.6 Å². The van der Waals surface area contributed by atoms with Gasteiger partial charge in [0.1, 0.15) is 16.5 Å². The summed E-state index contributed by atoms with van der Waals surface area (Å²) in [6, 6.07) is 13.6. The van der Waals surface area contributed by atoms with E-state index in [4.69, 9.17) is 4.74 Å². The standard InChI is InChI=1S/C25H29N3O4S/c29-22-8-10-25(17-20-4-2-1-3-5-20)19-28(11-9-21(25)16-22)33(30,31)23-6-7-24(26-18-23)27-12-14-32-15-13-27/h1-7,9,18H,8,10-17,19H2. The number of ketones is 1. The molecule has 3 heterocycles. The van der Waals surface area contributed by atoms with Crippen LogP contribution in [-0.4, -0.2) is 62.9 Å². The normalized spacial score (nSPS) is 24.3. The number of aromatic nitrogens is 1. The Labute approximate surface area is 195 Å². The second-order valence-corrected chi connectivity index (χ2v) is 11.1. The molecule has 2 fully saturated rings. The molecular weight excluding hydrogens is 438 g/mol. The van der Waals surface area contributed by atoms with Gasteiger partial charge in [0, 0.05) is 50.6 Å². The van der Waals surface area contributed by atoms with E-state index < -0.39 is 10.0 Å². The van der Waals surface area contributed by atoms with Crippen molar-refractivity contribution < 1.29 is 17.9 Å². The molecule has 1 saturated carbocycles. The lowest BCUT2D eigenvalue weighted by Gasteiger charge is -2.45.